The third kappa shape index (κ3) is 3.78. The summed E-state index contributed by atoms with van der Waals surface area (Å²) in [4.78, 5) is 0. The largest absolute Gasteiger partial charge is 0.456 e. The van der Waals surface area contributed by atoms with Crippen molar-refractivity contribution in [3.05, 3.63) is 157 Å². The molecule has 1 heterocycles. The fourth-order valence-electron chi connectivity index (χ4n) is 8.04. The number of fused-ring (bicyclic) bond motifs is 3. The van der Waals surface area contributed by atoms with Gasteiger partial charge in [0.1, 0.15) is 11.3 Å². The quantitative estimate of drug-likeness (QED) is 0.184. The predicted molar refractivity (Wildman–Crippen MR) is 201 cm³/mol. The van der Waals surface area contributed by atoms with E-state index >= 15 is 0 Å². The number of para-hydroxylation sites is 1. The summed E-state index contributed by atoms with van der Waals surface area (Å²) in [6.07, 6.45) is 0. The zero-order valence-electron chi connectivity index (χ0n) is 26.3. The fraction of sp³-hybridized carbons (Fsp3) is 0.0435. The van der Waals surface area contributed by atoms with Crippen LogP contribution in [0.15, 0.2) is 150 Å². The van der Waals surface area contributed by atoms with Crippen LogP contribution in [-0.4, -0.2) is 0 Å². The van der Waals surface area contributed by atoms with Gasteiger partial charge in [-0.2, -0.15) is 0 Å². The molecular formula is C46H30O. The molecule has 1 heteroatoms. The summed E-state index contributed by atoms with van der Waals surface area (Å²) in [5.41, 5.74) is 9.61. The highest BCUT2D eigenvalue weighted by Crippen LogP contribution is 2.48. The number of hydrogen-bond acceptors (Lipinski definition) is 1. The van der Waals surface area contributed by atoms with Crippen LogP contribution in [0.5, 0.6) is 0 Å². The van der Waals surface area contributed by atoms with E-state index in [1.54, 1.807) is 0 Å². The molecule has 0 bridgehead atoms. The summed E-state index contributed by atoms with van der Waals surface area (Å²) < 4.78 is 6.59. The van der Waals surface area contributed by atoms with E-state index in [4.69, 9.17) is 4.42 Å². The number of furan rings is 1. The summed E-state index contributed by atoms with van der Waals surface area (Å²) in [5.74, 6) is 0.895. The van der Waals surface area contributed by atoms with E-state index in [1.165, 1.54) is 87.2 Å². The average molecular weight is 599 g/mol. The maximum atomic E-state index is 6.59. The third-order valence-corrected chi connectivity index (χ3v) is 10.3. The van der Waals surface area contributed by atoms with Crippen molar-refractivity contribution >= 4 is 64.8 Å². The maximum absolute atomic E-state index is 6.59. The van der Waals surface area contributed by atoms with Gasteiger partial charge in [-0.25, -0.2) is 0 Å². The van der Waals surface area contributed by atoms with E-state index in [2.05, 4.69) is 153 Å². The lowest BCUT2D eigenvalue weighted by molar-refractivity contribution is 0.632. The van der Waals surface area contributed by atoms with Crippen LogP contribution in [-0.2, 0) is 0 Å². The molecule has 0 aliphatic heterocycles. The van der Waals surface area contributed by atoms with Crippen molar-refractivity contribution in [1.82, 2.24) is 0 Å². The van der Waals surface area contributed by atoms with Gasteiger partial charge in [0.2, 0.25) is 0 Å². The van der Waals surface area contributed by atoms with Gasteiger partial charge in [0.25, 0.3) is 0 Å². The third-order valence-electron chi connectivity index (χ3n) is 10.3. The molecule has 0 aliphatic rings. The molecule has 0 spiro atoms. The minimum absolute atomic E-state index is 0.895. The molecule has 9 aromatic carbocycles. The Morgan fingerprint density at radius 1 is 0.340 bits per heavy atom. The SMILES string of the molecule is Cc1ccc(-c2ccc3ccc4c(-c5cc6ccccc6o5)cc(-c5ccc(C)c6ccccc56)c5ccc2c3c45)c2ccccc12. The molecule has 0 fully saturated rings. The van der Waals surface area contributed by atoms with Crippen LogP contribution in [0.4, 0.5) is 0 Å². The lowest BCUT2D eigenvalue weighted by Gasteiger charge is -2.20. The molecule has 0 saturated carbocycles. The molecule has 0 saturated heterocycles. The summed E-state index contributed by atoms with van der Waals surface area (Å²) >= 11 is 0. The molecule has 10 rings (SSSR count). The van der Waals surface area contributed by atoms with Gasteiger partial charge in [-0.15, -0.1) is 0 Å². The summed E-state index contributed by atoms with van der Waals surface area (Å²) in [5, 5.41) is 13.8. The summed E-state index contributed by atoms with van der Waals surface area (Å²) in [7, 11) is 0. The number of hydrogen-bond donors (Lipinski definition) is 0. The number of rotatable bonds is 3. The highest BCUT2D eigenvalue weighted by atomic mass is 16.3. The lowest BCUT2D eigenvalue weighted by Crippen LogP contribution is -1.93. The lowest BCUT2D eigenvalue weighted by atomic mass is 9.83. The highest BCUT2D eigenvalue weighted by molar-refractivity contribution is 6.31. The van der Waals surface area contributed by atoms with Gasteiger partial charge in [0.05, 0.1) is 0 Å². The van der Waals surface area contributed by atoms with Gasteiger partial charge in [0.15, 0.2) is 0 Å². The van der Waals surface area contributed by atoms with E-state index in [0.29, 0.717) is 0 Å². The van der Waals surface area contributed by atoms with Crippen molar-refractivity contribution in [3.8, 4) is 33.6 Å². The van der Waals surface area contributed by atoms with Gasteiger partial charge in [-0.3, -0.25) is 0 Å². The average Bonchev–Trinajstić information content (AvgIpc) is 3.56. The molecule has 0 radical (unpaired) electrons. The van der Waals surface area contributed by atoms with Crippen molar-refractivity contribution in [2.75, 3.05) is 0 Å². The smallest absolute Gasteiger partial charge is 0.136 e. The molecular weight excluding hydrogens is 569 g/mol. The van der Waals surface area contributed by atoms with Gasteiger partial charge >= 0.3 is 0 Å². The van der Waals surface area contributed by atoms with Gasteiger partial charge < -0.3 is 4.42 Å². The Morgan fingerprint density at radius 3 is 1.55 bits per heavy atom. The molecule has 0 unspecified atom stereocenters. The van der Waals surface area contributed by atoms with Gasteiger partial charge in [-0.1, -0.05) is 127 Å². The monoisotopic (exact) mass is 598 g/mol. The Morgan fingerprint density at radius 2 is 0.851 bits per heavy atom. The Bertz CT molecular complexity index is 2830. The molecule has 0 atom stereocenters. The highest BCUT2D eigenvalue weighted by Gasteiger charge is 2.21. The number of aryl methyl sites for hydroxylation is 2. The van der Waals surface area contributed by atoms with Crippen LogP contribution < -0.4 is 0 Å². The van der Waals surface area contributed by atoms with E-state index in [-0.39, 0.29) is 0 Å². The molecule has 0 amide bonds. The van der Waals surface area contributed by atoms with Crippen molar-refractivity contribution in [3.63, 3.8) is 0 Å². The molecule has 10 aromatic rings. The Balaban J connectivity index is 1.37. The van der Waals surface area contributed by atoms with Crippen molar-refractivity contribution in [1.29, 1.82) is 0 Å². The van der Waals surface area contributed by atoms with Crippen molar-refractivity contribution in [2.24, 2.45) is 0 Å². The van der Waals surface area contributed by atoms with E-state index < -0.39 is 0 Å². The second-order valence-corrected chi connectivity index (χ2v) is 12.9. The van der Waals surface area contributed by atoms with Crippen LogP contribution in [0, 0.1) is 13.8 Å². The maximum Gasteiger partial charge on any atom is 0.136 e. The Kier molecular flexibility index (Phi) is 5.48. The first kappa shape index (κ1) is 26.3. The van der Waals surface area contributed by atoms with E-state index in [9.17, 15) is 0 Å². The van der Waals surface area contributed by atoms with E-state index in [0.717, 1.165) is 22.3 Å². The Labute approximate surface area is 272 Å². The van der Waals surface area contributed by atoms with Gasteiger partial charge in [-0.05, 0) is 119 Å². The van der Waals surface area contributed by atoms with Crippen LogP contribution in [0.1, 0.15) is 11.1 Å². The minimum atomic E-state index is 0.895. The zero-order valence-corrected chi connectivity index (χ0v) is 26.3. The predicted octanol–water partition coefficient (Wildman–Crippen LogP) is 13.3. The molecule has 47 heavy (non-hydrogen) atoms. The standard InChI is InChI=1S/C46H30O/c1-27-15-19-35(33-12-6-4-10-31(27)33)36-21-17-29-18-22-40-42(44-25-30-9-3-8-14-43(30)47-44)26-41(39-24-23-38(36)45(29)46(39)40)37-20-16-28(2)32-11-5-7-13-34(32)37/h3-26H,1-2H3. The summed E-state index contributed by atoms with van der Waals surface area (Å²) in [6, 6.07) is 53.5. The summed E-state index contributed by atoms with van der Waals surface area (Å²) in [6.45, 7) is 4.40. The molecule has 1 nitrogen and oxygen atoms in total. The molecule has 0 aliphatic carbocycles. The van der Waals surface area contributed by atoms with Crippen LogP contribution >= 0.6 is 0 Å². The normalized spacial score (nSPS) is 12.0. The van der Waals surface area contributed by atoms with Gasteiger partial charge in [0, 0.05) is 10.9 Å². The molecule has 1 aromatic heterocycles. The first-order valence-electron chi connectivity index (χ1n) is 16.3. The fourth-order valence-corrected chi connectivity index (χ4v) is 8.04. The second-order valence-electron chi connectivity index (χ2n) is 12.9. The van der Waals surface area contributed by atoms with Crippen molar-refractivity contribution in [2.45, 2.75) is 13.8 Å². The molecule has 0 N–H and O–H groups in total. The first-order valence-corrected chi connectivity index (χ1v) is 16.3. The van der Waals surface area contributed by atoms with Crippen LogP contribution in [0.3, 0.4) is 0 Å². The first-order chi connectivity index (χ1) is 23.1. The zero-order chi connectivity index (χ0) is 31.2. The second kappa shape index (κ2) is 9.79. The minimum Gasteiger partial charge on any atom is -0.456 e. The number of benzene rings is 9. The topological polar surface area (TPSA) is 13.1 Å². The molecule has 220 valence electrons. The van der Waals surface area contributed by atoms with Crippen molar-refractivity contribution < 1.29 is 4.42 Å². The van der Waals surface area contributed by atoms with Crippen LogP contribution in [0.25, 0.3) is 98.4 Å². The van der Waals surface area contributed by atoms with Crippen LogP contribution in [0.2, 0.25) is 0 Å². The van der Waals surface area contributed by atoms with E-state index in [1.807, 2.05) is 6.07 Å². The Hall–Kier alpha value is -5.92.